The Morgan fingerprint density at radius 3 is 2.84 bits per heavy atom. The Balaban J connectivity index is 2.39. The number of benzene rings is 1. The van der Waals surface area contributed by atoms with E-state index < -0.39 is 4.92 Å². The summed E-state index contributed by atoms with van der Waals surface area (Å²) in [6, 6.07) is 4.99. The first-order chi connectivity index (χ1) is 9.02. The molecule has 0 amide bonds. The molecule has 1 aromatic heterocycles. The molecule has 0 aliphatic rings. The van der Waals surface area contributed by atoms with Crippen LogP contribution in [0.2, 0.25) is 0 Å². The molecule has 1 aromatic carbocycles. The molecule has 1 atom stereocenters. The Morgan fingerprint density at radius 2 is 2.21 bits per heavy atom. The highest BCUT2D eigenvalue weighted by Gasteiger charge is 2.15. The first-order valence-electron chi connectivity index (χ1n) is 5.91. The molecule has 6 heteroatoms. The number of aromatic nitrogens is 1. The fraction of sp³-hybridized carbons (Fsp3) is 0.308. The number of rotatable bonds is 4. The van der Waals surface area contributed by atoms with Gasteiger partial charge in [0.2, 0.25) is 5.89 Å². The quantitative estimate of drug-likeness (QED) is 0.676. The van der Waals surface area contributed by atoms with Gasteiger partial charge in [0, 0.05) is 17.2 Å². The Kier molecular flexibility index (Phi) is 3.62. The van der Waals surface area contributed by atoms with Crippen molar-refractivity contribution in [1.82, 2.24) is 10.3 Å². The number of nitrogens with one attached hydrogen (secondary N) is 1. The maximum atomic E-state index is 10.9. The summed E-state index contributed by atoms with van der Waals surface area (Å²) in [4.78, 5) is 14.7. The van der Waals surface area contributed by atoms with Gasteiger partial charge in [0.05, 0.1) is 17.2 Å². The van der Waals surface area contributed by atoms with E-state index in [1.165, 1.54) is 6.07 Å². The summed E-state index contributed by atoms with van der Waals surface area (Å²) in [7, 11) is 1.81. The molecule has 0 fully saturated rings. The summed E-state index contributed by atoms with van der Waals surface area (Å²) in [6.07, 6.45) is 1.58. The average Bonchev–Trinajstić information content (AvgIpc) is 2.87. The molecule has 0 saturated carbocycles. The van der Waals surface area contributed by atoms with Crippen molar-refractivity contribution in [3.63, 3.8) is 0 Å². The SMILES string of the molecule is CNC(C)c1ncc(-c2ccc(C)c([N+](=O)[O-])c2)o1. The summed E-state index contributed by atoms with van der Waals surface area (Å²) < 4.78 is 5.60. The van der Waals surface area contributed by atoms with Crippen LogP contribution in [0, 0.1) is 17.0 Å². The van der Waals surface area contributed by atoms with Crippen LogP contribution in [0.25, 0.3) is 11.3 Å². The van der Waals surface area contributed by atoms with Crippen LogP contribution in [-0.4, -0.2) is 17.0 Å². The van der Waals surface area contributed by atoms with Crippen molar-refractivity contribution in [2.45, 2.75) is 19.9 Å². The molecule has 0 radical (unpaired) electrons. The van der Waals surface area contributed by atoms with Gasteiger partial charge in [-0.1, -0.05) is 12.1 Å². The molecule has 0 aliphatic heterocycles. The number of nitro benzene ring substituents is 1. The molecular formula is C13H15N3O3. The summed E-state index contributed by atoms with van der Waals surface area (Å²) >= 11 is 0. The number of nitro groups is 1. The van der Waals surface area contributed by atoms with Gasteiger partial charge in [0.15, 0.2) is 5.76 Å². The zero-order chi connectivity index (χ0) is 14.0. The van der Waals surface area contributed by atoms with Gasteiger partial charge in [-0.05, 0) is 20.9 Å². The van der Waals surface area contributed by atoms with Gasteiger partial charge >= 0.3 is 0 Å². The topological polar surface area (TPSA) is 81.2 Å². The summed E-state index contributed by atoms with van der Waals surface area (Å²) in [5.74, 6) is 1.08. The minimum atomic E-state index is -0.396. The second-order valence-corrected chi connectivity index (χ2v) is 4.33. The van der Waals surface area contributed by atoms with E-state index in [1.54, 1.807) is 25.3 Å². The number of hydrogen-bond acceptors (Lipinski definition) is 5. The smallest absolute Gasteiger partial charge is 0.273 e. The van der Waals surface area contributed by atoms with Crippen LogP contribution in [0.3, 0.4) is 0 Å². The van der Waals surface area contributed by atoms with Crippen molar-refractivity contribution < 1.29 is 9.34 Å². The lowest BCUT2D eigenvalue weighted by Crippen LogP contribution is -2.12. The standard InChI is InChI=1S/C13H15N3O3/c1-8-4-5-10(6-11(8)16(17)18)12-7-15-13(19-12)9(2)14-3/h4-7,9,14H,1-3H3. The number of nitrogens with zero attached hydrogens (tertiary/aromatic N) is 2. The van der Waals surface area contributed by atoms with Crippen LogP contribution < -0.4 is 5.32 Å². The second-order valence-electron chi connectivity index (χ2n) is 4.33. The van der Waals surface area contributed by atoms with E-state index in [9.17, 15) is 10.1 Å². The highest BCUT2D eigenvalue weighted by molar-refractivity contribution is 5.62. The van der Waals surface area contributed by atoms with Crippen LogP contribution >= 0.6 is 0 Å². The minimum Gasteiger partial charge on any atom is -0.439 e. The predicted octanol–water partition coefficient (Wildman–Crippen LogP) is 2.84. The van der Waals surface area contributed by atoms with Crippen molar-refractivity contribution in [2.75, 3.05) is 7.05 Å². The summed E-state index contributed by atoms with van der Waals surface area (Å²) in [5, 5.41) is 13.9. The summed E-state index contributed by atoms with van der Waals surface area (Å²) in [5.41, 5.74) is 1.36. The molecule has 6 nitrogen and oxygen atoms in total. The van der Waals surface area contributed by atoms with Gasteiger partial charge in [-0.15, -0.1) is 0 Å². The van der Waals surface area contributed by atoms with Crippen LogP contribution in [-0.2, 0) is 0 Å². The van der Waals surface area contributed by atoms with Crippen LogP contribution in [0.5, 0.6) is 0 Å². The molecular weight excluding hydrogens is 246 g/mol. The van der Waals surface area contributed by atoms with E-state index in [2.05, 4.69) is 10.3 Å². The largest absolute Gasteiger partial charge is 0.439 e. The third-order valence-electron chi connectivity index (χ3n) is 3.02. The molecule has 2 rings (SSSR count). The average molecular weight is 261 g/mol. The van der Waals surface area contributed by atoms with Crippen LogP contribution in [0.1, 0.15) is 24.4 Å². The van der Waals surface area contributed by atoms with E-state index in [-0.39, 0.29) is 11.7 Å². The van der Waals surface area contributed by atoms with Crippen LogP contribution in [0.4, 0.5) is 5.69 Å². The lowest BCUT2D eigenvalue weighted by molar-refractivity contribution is -0.385. The zero-order valence-electron chi connectivity index (χ0n) is 11.0. The van der Waals surface area contributed by atoms with E-state index in [0.29, 0.717) is 22.8 Å². The van der Waals surface area contributed by atoms with Gasteiger partial charge in [-0.3, -0.25) is 10.1 Å². The van der Waals surface area contributed by atoms with Gasteiger partial charge in [0.1, 0.15) is 0 Å². The predicted molar refractivity (Wildman–Crippen MR) is 70.8 cm³/mol. The third kappa shape index (κ3) is 2.63. The zero-order valence-corrected chi connectivity index (χ0v) is 11.0. The minimum absolute atomic E-state index is 0.00539. The lowest BCUT2D eigenvalue weighted by Gasteiger charge is -2.04. The van der Waals surface area contributed by atoms with Gasteiger partial charge in [-0.25, -0.2) is 4.98 Å². The van der Waals surface area contributed by atoms with E-state index >= 15 is 0 Å². The van der Waals surface area contributed by atoms with Crippen LogP contribution in [0.15, 0.2) is 28.8 Å². The lowest BCUT2D eigenvalue weighted by atomic mass is 10.1. The molecule has 0 aliphatic carbocycles. The highest BCUT2D eigenvalue weighted by Crippen LogP contribution is 2.28. The van der Waals surface area contributed by atoms with Gasteiger partial charge in [0.25, 0.3) is 5.69 Å². The number of oxazole rings is 1. The molecule has 100 valence electrons. The summed E-state index contributed by atoms with van der Waals surface area (Å²) in [6.45, 7) is 3.63. The molecule has 0 bridgehead atoms. The molecule has 0 saturated heterocycles. The van der Waals surface area contributed by atoms with E-state index in [0.717, 1.165) is 0 Å². The molecule has 1 N–H and O–H groups in total. The third-order valence-corrected chi connectivity index (χ3v) is 3.02. The van der Waals surface area contributed by atoms with Crippen molar-refractivity contribution in [1.29, 1.82) is 0 Å². The molecule has 1 unspecified atom stereocenters. The first-order valence-corrected chi connectivity index (χ1v) is 5.91. The fourth-order valence-corrected chi connectivity index (χ4v) is 1.70. The monoisotopic (exact) mass is 261 g/mol. The Labute approximate surface area is 110 Å². The number of hydrogen-bond donors (Lipinski definition) is 1. The van der Waals surface area contributed by atoms with E-state index in [1.807, 2.05) is 14.0 Å². The maximum absolute atomic E-state index is 10.9. The second kappa shape index (κ2) is 5.19. The molecule has 19 heavy (non-hydrogen) atoms. The molecule has 0 spiro atoms. The highest BCUT2D eigenvalue weighted by atomic mass is 16.6. The van der Waals surface area contributed by atoms with Crippen molar-refractivity contribution in [3.8, 4) is 11.3 Å². The number of aryl methyl sites for hydroxylation is 1. The van der Waals surface area contributed by atoms with E-state index in [4.69, 9.17) is 4.42 Å². The first kappa shape index (κ1) is 13.2. The van der Waals surface area contributed by atoms with Crippen molar-refractivity contribution in [2.24, 2.45) is 0 Å². The Hall–Kier alpha value is -2.21. The normalized spacial score (nSPS) is 12.4. The fourth-order valence-electron chi connectivity index (χ4n) is 1.70. The van der Waals surface area contributed by atoms with Gasteiger partial charge < -0.3 is 9.73 Å². The van der Waals surface area contributed by atoms with Crippen molar-refractivity contribution >= 4 is 5.69 Å². The van der Waals surface area contributed by atoms with Crippen molar-refractivity contribution in [3.05, 3.63) is 46.0 Å². The molecule has 1 heterocycles. The maximum Gasteiger partial charge on any atom is 0.273 e. The Morgan fingerprint density at radius 1 is 1.47 bits per heavy atom. The molecule has 2 aromatic rings. The van der Waals surface area contributed by atoms with Gasteiger partial charge in [-0.2, -0.15) is 0 Å². The Bertz CT molecular complexity index is 607.